The molecule has 0 bridgehead atoms. The minimum Gasteiger partial charge on any atom is -0.462 e. The maximum absolute atomic E-state index is 12.8. The highest BCUT2D eigenvalue weighted by Gasteiger charge is 2.26. The topological polar surface area (TPSA) is 134 Å². The van der Waals surface area contributed by atoms with Gasteiger partial charge in [0.1, 0.15) is 6.61 Å². The molecule has 10 heteroatoms. The number of hydrogen-bond acceptors (Lipinski definition) is 8. The maximum Gasteiger partial charge on any atom is 0.472 e. The molecule has 0 aromatic rings. The summed E-state index contributed by atoms with van der Waals surface area (Å²) in [6.45, 7) is 3.52. The first kappa shape index (κ1) is 90.4. The zero-order chi connectivity index (χ0) is 68.6. The highest BCUT2D eigenvalue weighted by Crippen LogP contribution is 2.43. The molecule has 2 atom stereocenters. The summed E-state index contributed by atoms with van der Waals surface area (Å²) in [5.41, 5.74) is 5.41. The molecule has 0 spiro atoms. The van der Waals surface area contributed by atoms with Crippen LogP contribution < -0.4 is 5.73 Å². The van der Waals surface area contributed by atoms with Crippen molar-refractivity contribution < 1.29 is 37.6 Å². The second-order valence-electron chi connectivity index (χ2n) is 25.1. The van der Waals surface area contributed by atoms with Crippen molar-refractivity contribution >= 4 is 19.8 Å². The van der Waals surface area contributed by atoms with Gasteiger partial charge in [-0.15, -0.1) is 0 Å². The van der Waals surface area contributed by atoms with Crippen LogP contribution in [0.15, 0.2) is 170 Å². The largest absolute Gasteiger partial charge is 0.472 e. The van der Waals surface area contributed by atoms with Crippen LogP contribution in [0.5, 0.6) is 0 Å². The molecule has 2 unspecified atom stereocenters. The van der Waals surface area contributed by atoms with E-state index in [2.05, 4.69) is 184 Å². The lowest BCUT2D eigenvalue weighted by Crippen LogP contribution is -2.29. The van der Waals surface area contributed by atoms with Gasteiger partial charge in [0.2, 0.25) is 0 Å². The van der Waals surface area contributed by atoms with Crippen LogP contribution in [0.4, 0.5) is 0 Å². The lowest BCUT2D eigenvalue weighted by atomic mass is 10.0. The zero-order valence-electron chi connectivity index (χ0n) is 60.8. The number of rotatable bonds is 71. The fourth-order valence-electron chi connectivity index (χ4n) is 10.5. The molecule has 0 radical (unpaired) electrons. The van der Waals surface area contributed by atoms with E-state index in [0.717, 1.165) is 135 Å². The van der Waals surface area contributed by atoms with Crippen LogP contribution in [0.2, 0.25) is 0 Å². The number of carbonyl (C=O) groups is 2. The summed E-state index contributed by atoms with van der Waals surface area (Å²) < 4.78 is 33.2. The van der Waals surface area contributed by atoms with E-state index in [4.69, 9.17) is 24.3 Å². The standard InChI is InChI=1S/C85H142NO8P/c1-3-5-7-9-11-13-15-17-19-21-23-25-27-29-31-33-35-37-38-39-40-41-42-43-44-46-47-49-51-53-55-57-59-61-63-65-67-69-71-73-75-77-84(87)91-81-83(82-93-95(89,90)92-80-79-86)94-85(88)78-76-74-72-70-68-66-64-62-60-58-56-54-52-50-48-45-36-34-32-30-28-26-24-22-20-18-16-14-12-10-8-6-4-2/h5-8,11-14,17-20,23-26,29-32,35-37,45,50,52,56,58,83H,3-4,9-10,15-16,21-22,27-28,33-34,38-44,46-49,51,53-55,57,59-82,86H2,1-2H3,(H,89,90)/b7-5-,8-6-,13-11-,14-12-,19-17-,20-18-,25-23-,26-24-,31-29-,32-30-,37-35-,45-36-,52-50-,58-56-. The molecular weight excluding hydrogens is 1190 g/mol. The van der Waals surface area contributed by atoms with Gasteiger partial charge in [-0.2, -0.15) is 0 Å². The Balaban J connectivity index is 3.87. The van der Waals surface area contributed by atoms with E-state index in [1.807, 2.05) is 0 Å². The first-order chi connectivity index (χ1) is 46.8. The molecule has 0 aliphatic heterocycles. The Bertz CT molecular complexity index is 2170. The molecule has 0 amide bonds. The molecule has 0 saturated carbocycles. The van der Waals surface area contributed by atoms with Gasteiger partial charge in [0.25, 0.3) is 0 Å². The van der Waals surface area contributed by atoms with Crippen molar-refractivity contribution in [1.29, 1.82) is 0 Å². The number of unbranched alkanes of at least 4 members (excludes halogenated alkanes) is 30. The van der Waals surface area contributed by atoms with Crippen molar-refractivity contribution in [3.63, 3.8) is 0 Å². The summed E-state index contributed by atoms with van der Waals surface area (Å²) >= 11 is 0. The van der Waals surface area contributed by atoms with Crippen LogP contribution in [0.1, 0.15) is 322 Å². The first-order valence-electron chi connectivity index (χ1n) is 38.6. The predicted octanol–water partition coefficient (Wildman–Crippen LogP) is 26.1. The normalized spacial score (nSPS) is 13.9. The van der Waals surface area contributed by atoms with Crippen molar-refractivity contribution in [2.75, 3.05) is 26.4 Å². The fraction of sp³-hybridized carbons (Fsp3) is 0.647. The lowest BCUT2D eigenvalue weighted by molar-refractivity contribution is -0.161. The smallest absolute Gasteiger partial charge is 0.462 e. The summed E-state index contributed by atoms with van der Waals surface area (Å²) in [5, 5.41) is 0. The van der Waals surface area contributed by atoms with Crippen molar-refractivity contribution in [3.8, 4) is 0 Å². The van der Waals surface area contributed by atoms with E-state index < -0.39 is 26.5 Å². The number of allylic oxidation sites excluding steroid dienone is 28. The molecule has 0 heterocycles. The van der Waals surface area contributed by atoms with Gasteiger partial charge >= 0.3 is 19.8 Å². The Labute approximate surface area is 584 Å². The summed E-state index contributed by atoms with van der Waals surface area (Å²) in [5.74, 6) is -0.835. The Morgan fingerprint density at radius 2 is 0.547 bits per heavy atom. The fourth-order valence-corrected chi connectivity index (χ4v) is 11.2. The molecule has 0 fully saturated rings. The average Bonchev–Trinajstić information content (AvgIpc) is 3.25. The molecule has 0 rings (SSSR count). The minimum atomic E-state index is -4.41. The van der Waals surface area contributed by atoms with Crippen molar-refractivity contribution in [3.05, 3.63) is 170 Å². The van der Waals surface area contributed by atoms with Crippen LogP contribution in [-0.4, -0.2) is 49.3 Å². The third-order valence-corrected chi connectivity index (χ3v) is 17.1. The Kier molecular flexibility index (Phi) is 74.5. The molecule has 3 N–H and O–H groups in total. The van der Waals surface area contributed by atoms with Crippen LogP contribution in [-0.2, 0) is 32.7 Å². The molecule has 0 saturated heterocycles. The van der Waals surface area contributed by atoms with E-state index in [1.54, 1.807) is 0 Å². The predicted molar refractivity (Wildman–Crippen MR) is 413 cm³/mol. The molecule has 0 aliphatic rings. The zero-order valence-corrected chi connectivity index (χ0v) is 61.7. The van der Waals surface area contributed by atoms with E-state index in [0.29, 0.717) is 6.42 Å². The van der Waals surface area contributed by atoms with Gasteiger partial charge in [-0.3, -0.25) is 18.6 Å². The average molecular weight is 1340 g/mol. The lowest BCUT2D eigenvalue weighted by Gasteiger charge is -2.19. The SMILES string of the molecule is CC/C=C\C/C=C\C/C=C\C/C=C\C/C=C\C/C=C\C/C=C\C/C=C\CCCCCCCCCCC(=O)OC(COC(=O)CCCCCCCCCCCCCCCCCCCCCCCC/C=C\C/C=C\C/C=C\C/C=C\C/C=C\C/C=C\CC)COP(=O)(O)OCCN. The van der Waals surface area contributed by atoms with Crippen molar-refractivity contribution in [1.82, 2.24) is 0 Å². The monoisotopic (exact) mass is 1340 g/mol. The Hall–Kier alpha value is -4.63. The highest BCUT2D eigenvalue weighted by atomic mass is 31.2. The number of ether oxygens (including phenoxy) is 2. The molecule has 540 valence electrons. The van der Waals surface area contributed by atoms with E-state index >= 15 is 0 Å². The second-order valence-corrected chi connectivity index (χ2v) is 26.6. The summed E-state index contributed by atoms with van der Waals surface area (Å²) in [4.78, 5) is 35.4. The minimum absolute atomic E-state index is 0.0459. The molecule has 0 aromatic carbocycles. The van der Waals surface area contributed by atoms with Gasteiger partial charge in [-0.25, -0.2) is 4.57 Å². The van der Waals surface area contributed by atoms with Gasteiger partial charge in [0.05, 0.1) is 13.2 Å². The van der Waals surface area contributed by atoms with Crippen LogP contribution in [0.25, 0.3) is 0 Å². The van der Waals surface area contributed by atoms with E-state index in [9.17, 15) is 19.0 Å². The number of esters is 2. The van der Waals surface area contributed by atoms with Crippen molar-refractivity contribution in [2.24, 2.45) is 5.73 Å². The third kappa shape index (κ3) is 78.3. The van der Waals surface area contributed by atoms with E-state index in [1.165, 1.54) is 154 Å². The summed E-state index contributed by atoms with van der Waals surface area (Å²) in [6.07, 6.45) is 116. The summed E-state index contributed by atoms with van der Waals surface area (Å²) in [6, 6.07) is 0. The van der Waals surface area contributed by atoms with Crippen LogP contribution in [0, 0.1) is 0 Å². The van der Waals surface area contributed by atoms with Gasteiger partial charge in [0.15, 0.2) is 6.10 Å². The Morgan fingerprint density at radius 3 is 0.811 bits per heavy atom. The van der Waals surface area contributed by atoms with E-state index in [-0.39, 0.29) is 38.6 Å². The number of carbonyl (C=O) groups excluding carboxylic acids is 2. The summed E-state index contributed by atoms with van der Waals surface area (Å²) in [7, 11) is -4.41. The van der Waals surface area contributed by atoms with Gasteiger partial charge < -0.3 is 20.1 Å². The van der Waals surface area contributed by atoms with Crippen LogP contribution in [0.3, 0.4) is 0 Å². The molecular formula is C85H142NO8P. The van der Waals surface area contributed by atoms with Crippen molar-refractivity contribution in [2.45, 2.75) is 328 Å². The van der Waals surface area contributed by atoms with Gasteiger partial charge in [0, 0.05) is 19.4 Å². The number of nitrogens with two attached hydrogens (primary N) is 1. The molecule has 0 aliphatic carbocycles. The second kappa shape index (κ2) is 78.4. The van der Waals surface area contributed by atoms with Crippen LogP contribution >= 0.6 is 7.82 Å². The highest BCUT2D eigenvalue weighted by molar-refractivity contribution is 7.47. The number of hydrogen-bond donors (Lipinski definition) is 2. The van der Waals surface area contributed by atoms with Gasteiger partial charge in [-0.1, -0.05) is 351 Å². The maximum atomic E-state index is 12.8. The van der Waals surface area contributed by atoms with Gasteiger partial charge in [-0.05, 0) is 128 Å². The number of phosphoric acid groups is 1. The first-order valence-corrected chi connectivity index (χ1v) is 40.1. The third-order valence-electron chi connectivity index (χ3n) is 16.1. The number of phosphoric ester groups is 1. The Morgan fingerprint density at radius 1 is 0.316 bits per heavy atom. The molecule has 9 nitrogen and oxygen atoms in total. The molecule has 95 heavy (non-hydrogen) atoms. The molecule has 0 aromatic heterocycles. The quantitative estimate of drug-likeness (QED) is 0.0264.